The SMILES string of the molecule is CN(C)CCOC[C@]12CCCO[C@@H]1CCN(C(=O)c1ccsc1)C2. The van der Waals surface area contributed by atoms with E-state index in [1.54, 1.807) is 11.3 Å². The first-order valence-electron chi connectivity index (χ1n) is 8.76. The number of amides is 1. The zero-order valence-electron chi connectivity index (χ0n) is 14.7. The van der Waals surface area contributed by atoms with Gasteiger partial charge in [-0.2, -0.15) is 11.3 Å². The van der Waals surface area contributed by atoms with Crippen LogP contribution in [0.2, 0.25) is 0 Å². The number of fused-ring (bicyclic) bond motifs is 1. The van der Waals surface area contributed by atoms with E-state index in [-0.39, 0.29) is 17.4 Å². The summed E-state index contributed by atoms with van der Waals surface area (Å²) < 4.78 is 12.1. The first kappa shape index (κ1) is 17.9. The second-order valence-electron chi connectivity index (χ2n) is 7.21. The largest absolute Gasteiger partial charge is 0.379 e. The molecule has 2 aliphatic heterocycles. The van der Waals surface area contributed by atoms with Crippen molar-refractivity contribution in [3.8, 4) is 0 Å². The standard InChI is InChI=1S/C18H28N2O3S/c1-19(2)8-10-22-14-18-6-3-9-23-16(18)4-7-20(13-18)17(21)15-5-11-24-12-15/h5,11-12,16H,3-4,6-10,13-14H2,1-2H3/t16-,18-/m1/s1. The van der Waals surface area contributed by atoms with Crippen molar-refractivity contribution >= 4 is 17.2 Å². The van der Waals surface area contributed by atoms with Crippen molar-refractivity contribution in [1.29, 1.82) is 0 Å². The van der Waals surface area contributed by atoms with Crippen molar-refractivity contribution in [2.24, 2.45) is 5.41 Å². The number of carbonyl (C=O) groups is 1. The monoisotopic (exact) mass is 352 g/mol. The number of nitrogens with zero attached hydrogens (tertiary/aromatic N) is 2. The Bertz CT molecular complexity index is 534. The third-order valence-electron chi connectivity index (χ3n) is 5.12. The van der Waals surface area contributed by atoms with Gasteiger partial charge in [0.15, 0.2) is 0 Å². The van der Waals surface area contributed by atoms with Gasteiger partial charge in [-0.15, -0.1) is 0 Å². The number of hydrogen-bond donors (Lipinski definition) is 0. The van der Waals surface area contributed by atoms with Crippen molar-refractivity contribution in [3.05, 3.63) is 22.4 Å². The first-order chi connectivity index (χ1) is 11.6. The van der Waals surface area contributed by atoms with Crippen LogP contribution in [-0.2, 0) is 9.47 Å². The Balaban J connectivity index is 1.66. The minimum absolute atomic E-state index is 0.0471. The Morgan fingerprint density at radius 1 is 1.54 bits per heavy atom. The van der Waals surface area contributed by atoms with E-state index in [4.69, 9.17) is 9.47 Å². The molecule has 1 amide bonds. The molecule has 0 spiro atoms. The molecule has 0 bridgehead atoms. The highest BCUT2D eigenvalue weighted by Crippen LogP contribution is 2.40. The number of carbonyl (C=O) groups excluding carboxylic acids is 1. The molecule has 134 valence electrons. The predicted octanol–water partition coefficient (Wildman–Crippen LogP) is 2.34. The van der Waals surface area contributed by atoms with E-state index in [9.17, 15) is 4.79 Å². The van der Waals surface area contributed by atoms with Gasteiger partial charge in [0.05, 0.1) is 24.9 Å². The van der Waals surface area contributed by atoms with Crippen molar-refractivity contribution < 1.29 is 14.3 Å². The second kappa shape index (κ2) is 7.95. The molecule has 0 aromatic carbocycles. The molecule has 0 unspecified atom stereocenters. The van der Waals surface area contributed by atoms with Crippen molar-refractivity contribution in [2.75, 3.05) is 53.6 Å². The molecule has 0 N–H and O–H groups in total. The van der Waals surface area contributed by atoms with Crippen LogP contribution in [0.25, 0.3) is 0 Å². The van der Waals surface area contributed by atoms with Crippen molar-refractivity contribution in [3.63, 3.8) is 0 Å². The quantitative estimate of drug-likeness (QED) is 0.737. The smallest absolute Gasteiger partial charge is 0.254 e. The molecule has 6 heteroatoms. The summed E-state index contributed by atoms with van der Waals surface area (Å²) in [7, 11) is 4.10. The predicted molar refractivity (Wildman–Crippen MR) is 95.6 cm³/mol. The molecule has 0 aliphatic carbocycles. The van der Waals surface area contributed by atoms with Crippen LogP contribution in [0, 0.1) is 5.41 Å². The van der Waals surface area contributed by atoms with Crippen LogP contribution in [0.5, 0.6) is 0 Å². The Labute approximate surface area is 148 Å². The number of piperidine rings is 1. The van der Waals surface area contributed by atoms with Crippen LogP contribution in [-0.4, -0.2) is 75.4 Å². The molecule has 2 atom stereocenters. The average Bonchev–Trinajstić information content (AvgIpc) is 3.12. The van der Waals surface area contributed by atoms with Gasteiger partial charge < -0.3 is 19.3 Å². The fourth-order valence-electron chi connectivity index (χ4n) is 3.77. The molecule has 0 radical (unpaired) electrons. The topological polar surface area (TPSA) is 42.0 Å². The van der Waals surface area contributed by atoms with Gasteiger partial charge in [0.1, 0.15) is 0 Å². The van der Waals surface area contributed by atoms with Crippen LogP contribution in [0.4, 0.5) is 0 Å². The van der Waals surface area contributed by atoms with Crippen LogP contribution in [0.3, 0.4) is 0 Å². The van der Waals surface area contributed by atoms with Gasteiger partial charge in [-0.25, -0.2) is 0 Å². The molecule has 2 aliphatic rings. The fourth-order valence-corrected chi connectivity index (χ4v) is 4.40. The highest BCUT2D eigenvalue weighted by atomic mass is 32.1. The first-order valence-corrected chi connectivity index (χ1v) is 9.71. The van der Waals surface area contributed by atoms with Gasteiger partial charge in [-0.1, -0.05) is 0 Å². The van der Waals surface area contributed by atoms with Gasteiger partial charge in [-0.05, 0) is 44.8 Å². The van der Waals surface area contributed by atoms with Crippen LogP contribution >= 0.6 is 11.3 Å². The normalized spacial score (nSPS) is 27.3. The number of ether oxygens (including phenoxy) is 2. The van der Waals surface area contributed by atoms with Crippen LogP contribution < -0.4 is 0 Å². The number of likely N-dealkylation sites (tertiary alicyclic amines) is 1. The third kappa shape index (κ3) is 3.99. The molecular formula is C18H28N2O3S. The molecule has 24 heavy (non-hydrogen) atoms. The summed E-state index contributed by atoms with van der Waals surface area (Å²) in [5, 5.41) is 3.90. The zero-order chi connectivity index (χ0) is 17.0. The minimum atomic E-state index is -0.0471. The molecule has 2 fully saturated rings. The number of thiophene rings is 1. The molecule has 2 saturated heterocycles. The fraction of sp³-hybridized carbons (Fsp3) is 0.722. The molecule has 0 saturated carbocycles. The van der Waals surface area contributed by atoms with E-state index in [1.165, 1.54) is 0 Å². The lowest BCUT2D eigenvalue weighted by atomic mass is 9.73. The van der Waals surface area contributed by atoms with Gasteiger partial charge in [0.25, 0.3) is 5.91 Å². The number of hydrogen-bond acceptors (Lipinski definition) is 5. The summed E-state index contributed by atoms with van der Waals surface area (Å²) in [6.07, 6.45) is 3.26. The van der Waals surface area contributed by atoms with E-state index in [1.807, 2.05) is 21.7 Å². The third-order valence-corrected chi connectivity index (χ3v) is 5.80. The Morgan fingerprint density at radius 3 is 3.17 bits per heavy atom. The summed E-state index contributed by atoms with van der Waals surface area (Å²) in [5.41, 5.74) is 0.757. The molecule has 5 nitrogen and oxygen atoms in total. The maximum absolute atomic E-state index is 12.7. The molecule has 1 aromatic heterocycles. The lowest BCUT2D eigenvalue weighted by molar-refractivity contribution is -0.147. The maximum atomic E-state index is 12.7. The van der Waals surface area contributed by atoms with E-state index in [2.05, 4.69) is 19.0 Å². The van der Waals surface area contributed by atoms with Gasteiger partial charge >= 0.3 is 0 Å². The van der Waals surface area contributed by atoms with Crippen molar-refractivity contribution in [1.82, 2.24) is 9.80 Å². The summed E-state index contributed by atoms with van der Waals surface area (Å²) in [6, 6.07) is 1.91. The Morgan fingerprint density at radius 2 is 2.42 bits per heavy atom. The Kier molecular flexibility index (Phi) is 5.92. The van der Waals surface area contributed by atoms with E-state index in [0.717, 1.165) is 57.7 Å². The molecule has 3 heterocycles. The minimum Gasteiger partial charge on any atom is -0.379 e. The summed E-state index contributed by atoms with van der Waals surface area (Å²) in [5.74, 6) is 0.146. The van der Waals surface area contributed by atoms with Gasteiger partial charge in [-0.3, -0.25) is 4.79 Å². The van der Waals surface area contributed by atoms with E-state index < -0.39 is 0 Å². The van der Waals surface area contributed by atoms with Crippen LogP contribution in [0.1, 0.15) is 29.6 Å². The lowest BCUT2D eigenvalue weighted by Crippen LogP contribution is -2.58. The molecule has 1 aromatic rings. The maximum Gasteiger partial charge on any atom is 0.254 e. The average molecular weight is 352 g/mol. The second-order valence-corrected chi connectivity index (χ2v) is 7.99. The zero-order valence-corrected chi connectivity index (χ0v) is 15.5. The highest BCUT2D eigenvalue weighted by molar-refractivity contribution is 7.08. The Hall–Kier alpha value is -0.950. The molecule has 3 rings (SSSR count). The van der Waals surface area contributed by atoms with E-state index >= 15 is 0 Å². The van der Waals surface area contributed by atoms with Crippen molar-refractivity contribution in [2.45, 2.75) is 25.4 Å². The van der Waals surface area contributed by atoms with Gasteiger partial charge in [0.2, 0.25) is 0 Å². The summed E-state index contributed by atoms with van der Waals surface area (Å²) in [6.45, 7) is 4.67. The lowest BCUT2D eigenvalue weighted by Gasteiger charge is -2.50. The van der Waals surface area contributed by atoms with E-state index in [0.29, 0.717) is 6.61 Å². The molecular weight excluding hydrogens is 324 g/mol. The number of likely N-dealkylation sites (N-methyl/N-ethyl adjacent to an activating group) is 1. The summed E-state index contributed by atoms with van der Waals surface area (Å²) in [4.78, 5) is 16.9. The van der Waals surface area contributed by atoms with Gasteiger partial charge in [0, 0.05) is 37.0 Å². The van der Waals surface area contributed by atoms with Crippen LogP contribution in [0.15, 0.2) is 16.8 Å². The highest BCUT2D eigenvalue weighted by Gasteiger charge is 2.47. The summed E-state index contributed by atoms with van der Waals surface area (Å²) >= 11 is 1.57. The number of rotatable bonds is 6.